The van der Waals surface area contributed by atoms with Gasteiger partial charge in [-0.25, -0.2) is 0 Å². The molecule has 1 aliphatic carbocycles. The summed E-state index contributed by atoms with van der Waals surface area (Å²) in [5.74, 6) is -0.185. The van der Waals surface area contributed by atoms with Gasteiger partial charge in [-0.1, -0.05) is 25.4 Å². The molecule has 1 N–H and O–H groups in total. The van der Waals surface area contributed by atoms with Crippen molar-refractivity contribution in [2.24, 2.45) is 5.41 Å². The first-order valence-corrected chi connectivity index (χ1v) is 6.87. The highest BCUT2D eigenvalue weighted by molar-refractivity contribution is 6.30. The highest BCUT2D eigenvalue weighted by Gasteiger charge is 2.49. The molecule has 2 atom stereocenters. The number of pyridine rings is 1. The third-order valence-corrected chi connectivity index (χ3v) is 4.04. The maximum atomic E-state index is 12.1. The van der Waals surface area contributed by atoms with E-state index in [0.717, 1.165) is 6.42 Å². The lowest BCUT2D eigenvalue weighted by atomic mass is 9.64. The first kappa shape index (κ1) is 14.3. The van der Waals surface area contributed by atoms with Crippen molar-refractivity contribution in [2.45, 2.75) is 39.3 Å². The van der Waals surface area contributed by atoms with Crippen LogP contribution in [-0.4, -0.2) is 29.6 Å². The van der Waals surface area contributed by atoms with Crippen LogP contribution in [0.5, 0.6) is 0 Å². The van der Waals surface area contributed by atoms with Crippen molar-refractivity contribution in [3.05, 3.63) is 29.0 Å². The van der Waals surface area contributed by atoms with Gasteiger partial charge in [0.25, 0.3) is 5.91 Å². The maximum absolute atomic E-state index is 12.1. The van der Waals surface area contributed by atoms with E-state index in [9.17, 15) is 4.79 Å². The molecule has 19 heavy (non-hydrogen) atoms. The van der Waals surface area contributed by atoms with Crippen LogP contribution < -0.4 is 5.32 Å². The molecule has 1 saturated carbocycles. The Morgan fingerprint density at radius 3 is 2.95 bits per heavy atom. The second-order valence-electron chi connectivity index (χ2n) is 5.39. The lowest BCUT2D eigenvalue weighted by Gasteiger charge is -2.51. The van der Waals surface area contributed by atoms with Crippen LogP contribution in [0.1, 0.15) is 37.7 Å². The molecule has 1 fully saturated rings. The summed E-state index contributed by atoms with van der Waals surface area (Å²) in [6, 6.07) is 3.33. The number of nitrogens with one attached hydrogen (secondary N) is 1. The monoisotopic (exact) mass is 282 g/mol. The Morgan fingerprint density at radius 2 is 2.37 bits per heavy atom. The lowest BCUT2D eigenvalue weighted by Crippen LogP contribution is -2.62. The zero-order valence-electron chi connectivity index (χ0n) is 11.4. The summed E-state index contributed by atoms with van der Waals surface area (Å²) in [6.07, 6.45) is 2.58. The highest BCUT2D eigenvalue weighted by atomic mass is 35.5. The first-order valence-electron chi connectivity index (χ1n) is 6.49. The number of carbonyl (C=O) groups excluding carboxylic acids is 1. The van der Waals surface area contributed by atoms with E-state index >= 15 is 0 Å². The molecule has 2 unspecified atom stereocenters. The van der Waals surface area contributed by atoms with Crippen LogP contribution in [0.4, 0.5) is 0 Å². The van der Waals surface area contributed by atoms with E-state index in [0.29, 0.717) is 17.3 Å². The summed E-state index contributed by atoms with van der Waals surface area (Å²) in [5.41, 5.74) is 0.299. The van der Waals surface area contributed by atoms with Gasteiger partial charge in [0.05, 0.1) is 6.10 Å². The predicted octanol–water partition coefficient (Wildman–Crippen LogP) is 2.67. The molecular formula is C14H19ClN2O2. The van der Waals surface area contributed by atoms with Gasteiger partial charge in [-0.2, -0.15) is 0 Å². The Kier molecular flexibility index (Phi) is 4.11. The van der Waals surface area contributed by atoms with Crippen molar-refractivity contribution >= 4 is 17.5 Å². The highest BCUT2D eigenvalue weighted by Crippen LogP contribution is 2.42. The van der Waals surface area contributed by atoms with Crippen LogP contribution in [0, 0.1) is 5.41 Å². The van der Waals surface area contributed by atoms with Gasteiger partial charge < -0.3 is 10.1 Å². The van der Waals surface area contributed by atoms with Gasteiger partial charge in [0.1, 0.15) is 5.69 Å². The lowest BCUT2D eigenvalue weighted by molar-refractivity contribution is -0.111. The molecule has 5 heteroatoms. The Morgan fingerprint density at radius 1 is 1.63 bits per heavy atom. The predicted molar refractivity (Wildman–Crippen MR) is 74.3 cm³/mol. The smallest absolute Gasteiger partial charge is 0.270 e. The van der Waals surface area contributed by atoms with Gasteiger partial charge in [0, 0.05) is 29.3 Å². The molecule has 0 aliphatic heterocycles. The van der Waals surface area contributed by atoms with Crippen LogP contribution in [0.15, 0.2) is 18.3 Å². The molecule has 1 aromatic rings. The van der Waals surface area contributed by atoms with Crippen LogP contribution in [0.25, 0.3) is 0 Å². The van der Waals surface area contributed by atoms with E-state index in [1.807, 2.05) is 6.92 Å². The third kappa shape index (κ3) is 2.90. The second-order valence-corrected chi connectivity index (χ2v) is 5.82. The fourth-order valence-corrected chi connectivity index (χ4v) is 2.54. The minimum atomic E-state index is -0.185. The topological polar surface area (TPSA) is 51.2 Å². The van der Waals surface area contributed by atoms with Crippen molar-refractivity contribution in [3.8, 4) is 0 Å². The fourth-order valence-electron chi connectivity index (χ4n) is 2.38. The van der Waals surface area contributed by atoms with Crippen LogP contribution in [0.3, 0.4) is 0 Å². The van der Waals surface area contributed by atoms with E-state index in [4.69, 9.17) is 16.3 Å². The molecule has 1 heterocycles. The second kappa shape index (κ2) is 5.47. The van der Waals surface area contributed by atoms with Gasteiger partial charge in [0.15, 0.2) is 0 Å². The number of hydrogen-bond acceptors (Lipinski definition) is 3. The summed E-state index contributed by atoms with van der Waals surface area (Å²) >= 11 is 5.85. The zero-order chi connectivity index (χ0) is 14.0. The van der Waals surface area contributed by atoms with Crippen molar-refractivity contribution in [3.63, 3.8) is 0 Å². The number of amides is 1. The van der Waals surface area contributed by atoms with Gasteiger partial charge in [0.2, 0.25) is 0 Å². The van der Waals surface area contributed by atoms with Gasteiger partial charge in [-0.3, -0.25) is 9.78 Å². The van der Waals surface area contributed by atoms with E-state index in [1.165, 1.54) is 6.20 Å². The molecule has 0 aromatic carbocycles. The molecule has 2 rings (SSSR count). The quantitative estimate of drug-likeness (QED) is 0.924. The number of hydrogen-bond donors (Lipinski definition) is 1. The summed E-state index contributed by atoms with van der Waals surface area (Å²) in [6.45, 7) is 6.89. The molecule has 0 radical (unpaired) electrons. The largest absolute Gasteiger partial charge is 0.378 e. The number of carbonyl (C=O) groups is 1. The summed E-state index contributed by atoms with van der Waals surface area (Å²) in [5, 5.41) is 3.51. The first-order chi connectivity index (χ1) is 8.95. The molecule has 1 aromatic heterocycles. The minimum Gasteiger partial charge on any atom is -0.378 e. The molecule has 1 amide bonds. The average Bonchev–Trinajstić information content (AvgIpc) is 2.37. The van der Waals surface area contributed by atoms with Crippen LogP contribution >= 0.6 is 11.6 Å². The summed E-state index contributed by atoms with van der Waals surface area (Å²) in [7, 11) is 0. The number of aromatic nitrogens is 1. The average molecular weight is 283 g/mol. The third-order valence-electron chi connectivity index (χ3n) is 3.81. The molecule has 0 saturated heterocycles. The van der Waals surface area contributed by atoms with Crippen LogP contribution in [0.2, 0.25) is 5.02 Å². The van der Waals surface area contributed by atoms with E-state index < -0.39 is 0 Å². The Hall–Kier alpha value is -1.13. The summed E-state index contributed by atoms with van der Waals surface area (Å²) < 4.78 is 5.64. The minimum absolute atomic E-state index is 0.0513. The zero-order valence-corrected chi connectivity index (χ0v) is 12.2. The number of halogens is 1. The molecule has 1 aliphatic rings. The van der Waals surface area contributed by atoms with Gasteiger partial charge in [-0.15, -0.1) is 0 Å². The van der Waals surface area contributed by atoms with Crippen molar-refractivity contribution < 1.29 is 9.53 Å². The fraction of sp³-hybridized carbons (Fsp3) is 0.571. The Bertz CT molecular complexity index is 476. The van der Waals surface area contributed by atoms with Crippen molar-refractivity contribution in [2.75, 3.05) is 6.61 Å². The van der Waals surface area contributed by atoms with Gasteiger partial charge in [-0.05, 0) is 25.5 Å². The van der Waals surface area contributed by atoms with E-state index in [2.05, 4.69) is 24.1 Å². The van der Waals surface area contributed by atoms with Crippen molar-refractivity contribution in [1.29, 1.82) is 0 Å². The standard InChI is InChI=1S/C14H19ClN2O2/c1-4-19-12-8-11(14(12,2)3)17-13(18)10-7-9(15)5-6-16-10/h5-7,11-12H,4,8H2,1-3H3,(H,17,18). The van der Waals surface area contributed by atoms with Crippen LogP contribution in [-0.2, 0) is 4.74 Å². The molecular weight excluding hydrogens is 264 g/mol. The Labute approximate surface area is 118 Å². The SMILES string of the molecule is CCOC1CC(NC(=O)c2cc(Cl)ccn2)C1(C)C. The number of rotatable bonds is 4. The summed E-state index contributed by atoms with van der Waals surface area (Å²) in [4.78, 5) is 16.1. The maximum Gasteiger partial charge on any atom is 0.270 e. The molecule has 0 spiro atoms. The Balaban J connectivity index is 1.98. The number of nitrogens with zero attached hydrogens (tertiary/aromatic N) is 1. The van der Waals surface area contributed by atoms with E-state index in [1.54, 1.807) is 12.1 Å². The molecule has 104 valence electrons. The normalized spacial score (nSPS) is 24.6. The number of ether oxygens (including phenoxy) is 1. The molecule has 0 bridgehead atoms. The van der Waals surface area contributed by atoms with Crippen molar-refractivity contribution in [1.82, 2.24) is 10.3 Å². The van der Waals surface area contributed by atoms with E-state index in [-0.39, 0.29) is 23.5 Å². The molecule has 4 nitrogen and oxygen atoms in total. The van der Waals surface area contributed by atoms with Gasteiger partial charge >= 0.3 is 0 Å².